The van der Waals surface area contributed by atoms with Crippen molar-refractivity contribution in [3.05, 3.63) is 155 Å². The molecule has 55 heavy (non-hydrogen) atoms. The fraction of sp³-hybridized carbons (Fsp3) is 0.190. The highest BCUT2D eigenvalue weighted by molar-refractivity contribution is 6.01. The van der Waals surface area contributed by atoms with Gasteiger partial charge in [-0.05, 0) is 65.1 Å². The molecular weight excluding hydrogens is 713 g/mol. The third kappa shape index (κ3) is 11.8. The number of urea groups is 1. The van der Waals surface area contributed by atoms with Crippen LogP contribution >= 0.6 is 0 Å². The lowest BCUT2D eigenvalue weighted by Gasteiger charge is -2.32. The van der Waals surface area contributed by atoms with Crippen molar-refractivity contribution in [2.45, 2.75) is 45.1 Å². The summed E-state index contributed by atoms with van der Waals surface area (Å²) in [6, 6.07) is 36.3. The zero-order chi connectivity index (χ0) is 39.4. The number of carbonyl (C=O) groups is 4. The van der Waals surface area contributed by atoms with E-state index in [-0.39, 0.29) is 12.3 Å². The van der Waals surface area contributed by atoms with E-state index in [9.17, 15) is 32.3 Å². The van der Waals surface area contributed by atoms with Crippen LogP contribution in [0.3, 0.4) is 0 Å². The lowest BCUT2D eigenvalue weighted by Crippen LogP contribution is -2.33. The number of nitrogens with zero attached hydrogens (tertiary/aromatic N) is 1. The summed E-state index contributed by atoms with van der Waals surface area (Å²) in [6.45, 7) is 2.51. The summed E-state index contributed by atoms with van der Waals surface area (Å²) in [5, 5.41) is 8.39. The van der Waals surface area contributed by atoms with E-state index in [1.54, 1.807) is 48.5 Å². The first-order valence-electron chi connectivity index (χ1n) is 17.2. The largest absolute Gasteiger partial charge is 0.495 e. The number of rotatable bonds is 14. The Balaban J connectivity index is 1.31. The Labute approximate surface area is 316 Å². The van der Waals surface area contributed by atoms with Crippen LogP contribution in [0.25, 0.3) is 0 Å². The highest BCUT2D eigenvalue weighted by Gasteiger charge is 2.43. The van der Waals surface area contributed by atoms with Crippen LogP contribution in [0.15, 0.2) is 127 Å². The van der Waals surface area contributed by atoms with Crippen molar-refractivity contribution in [3.8, 4) is 5.75 Å². The van der Waals surface area contributed by atoms with Gasteiger partial charge in [-0.2, -0.15) is 13.2 Å². The summed E-state index contributed by atoms with van der Waals surface area (Å²) >= 11 is 0. The summed E-state index contributed by atoms with van der Waals surface area (Å²) in [5.74, 6) is -3.92. The van der Waals surface area contributed by atoms with Crippen molar-refractivity contribution in [1.29, 1.82) is 0 Å². The molecule has 0 heterocycles. The van der Waals surface area contributed by atoms with Crippen molar-refractivity contribution in [3.63, 3.8) is 0 Å². The van der Waals surface area contributed by atoms with Crippen LogP contribution in [-0.2, 0) is 38.6 Å². The fourth-order valence-electron chi connectivity index (χ4n) is 5.85. The monoisotopic (exact) mass is 752 g/mol. The van der Waals surface area contributed by atoms with Crippen LogP contribution in [-0.4, -0.2) is 42.1 Å². The first-order chi connectivity index (χ1) is 26.4. The molecule has 0 aliphatic carbocycles. The van der Waals surface area contributed by atoms with Crippen LogP contribution in [0.1, 0.15) is 40.3 Å². The Hall–Kier alpha value is -6.47. The minimum absolute atomic E-state index is 0.0303. The Bertz CT molecular complexity index is 2050. The first kappa shape index (κ1) is 39.7. The number of aryl methyl sites for hydroxylation is 1. The van der Waals surface area contributed by atoms with E-state index >= 15 is 0 Å². The maximum atomic E-state index is 13.1. The van der Waals surface area contributed by atoms with E-state index in [2.05, 4.69) is 20.7 Å². The summed E-state index contributed by atoms with van der Waals surface area (Å²) in [7, 11) is 1.45. The zero-order valence-corrected chi connectivity index (χ0v) is 30.1. The maximum absolute atomic E-state index is 13.1. The average Bonchev–Trinajstić information content (AvgIpc) is 3.16. The molecule has 13 heteroatoms. The summed E-state index contributed by atoms with van der Waals surface area (Å²) in [5.41, 5.74) is 5.32. The normalized spacial score (nSPS) is 11.7. The molecule has 5 aromatic rings. The van der Waals surface area contributed by atoms with Gasteiger partial charge in [-0.3, -0.25) is 14.5 Å². The van der Waals surface area contributed by atoms with Gasteiger partial charge in [0.05, 0.1) is 25.6 Å². The number of methoxy groups -OCH3 is 1. The second-order valence-corrected chi connectivity index (χ2v) is 12.6. The lowest BCUT2D eigenvalue weighted by atomic mass is 9.99. The fourth-order valence-corrected chi connectivity index (χ4v) is 5.85. The second-order valence-electron chi connectivity index (χ2n) is 12.6. The Morgan fingerprint density at radius 3 is 1.85 bits per heavy atom. The molecule has 3 amide bonds. The second kappa shape index (κ2) is 18.5. The Morgan fingerprint density at radius 2 is 1.27 bits per heavy atom. The van der Waals surface area contributed by atoms with Crippen molar-refractivity contribution in [1.82, 2.24) is 4.90 Å². The molecule has 0 saturated heterocycles. The number of anilines is 3. The summed E-state index contributed by atoms with van der Waals surface area (Å²) in [4.78, 5) is 52.0. The number of para-hydroxylation sites is 1. The number of amides is 3. The molecule has 0 bridgehead atoms. The van der Waals surface area contributed by atoms with E-state index in [4.69, 9.17) is 4.74 Å². The third-order valence-electron chi connectivity index (χ3n) is 8.55. The number of hydrogen-bond acceptors (Lipinski definition) is 7. The highest BCUT2D eigenvalue weighted by atomic mass is 19.4. The van der Waals surface area contributed by atoms with Gasteiger partial charge in [0.2, 0.25) is 5.91 Å². The number of carbonyl (C=O) groups excluding carboxylic acids is 4. The minimum atomic E-state index is -5.33. The molecule has 0 aliphatic heterocycles. The van der Waals surface area contributed by atoms with Crippen molar-refractivity contribution >= 4 is 40.9 Å². The molecule has 1 atom stereocenters. The first-order valence-corrected chi connectivity index (χ1v) is 17.2. The quantitative estimate of drug-likeness (QED) is 0.0767. The third-order valence-corrected chi connectivity index (χ3v) is 8.55. The van der Waals surface area contributed by atoms with Gasteiger partial charge in [-0.25, -0.2) is 9.59 Å². The predicted octanol–water partition coefficient (Wildman–Crippen LogP) is 8.59. The molecule has 0 fully saturated rings. The van der Waals surface area contributed by atoms with Gasteiger partial charge >= 0.3 is 24.1 Å². The van der Waals surface area contributed by atoms with Crippen LogP contribution < -0.4 is 20.7 Å². The van der Waals surface area contributed by atoms with E-state index < -0.39 is 36.6 Å². The van der Waals surface area contributed by atoms with Gasteiger partial charge in [0, 0.05) is 30.5 Å². The lowest BCUT2D eigenvalue weighted by molar-refractivity contribution is -0.202. The zero-order valence-electron chi connectivity index (χ0n) is 30.1. The SMILES string of the molecule is COc1cc(CC(=O)Nc2ccc(C(CC(=O)OC(=O)C(F)(F)F)N(Cc3ccccc3)Cc3ccccc3)cc2)ccc1NC(=O)Nc1ccccc1C. The molecule has 0 spiro atoms. The van der Waals surface area contributed by atoms with E-state index in [0.29, 0.717) is 47.0 Å². The molecule has 5 aromatic carbocycles. The van der Waals surface area contributed by atoms with Gasteiger partial charge < -0.3 is 25.4 Å². The number of ether oxygens (including phenoxy) is 2. The smallest absolute Gasteiger partial charge is 0.491 e. The maximum Gasteiger partial charge on any atom is 0.491 e. The van der Waals surface area contributed by atoms with Crippen LogP contribution in [0.4, 0.5) is 35.0 Å². The van der Waals surface area contributed by atoms with Crippen LogP contribution in [0.5, 0.6) is 5.75 Å². The van der Waals surface area contributed by atoms with Crippen molar-refractivity contribution < 1.29 is 41.8 Å². The summed E-state index contributed by atoms with van der Waals surface area (Å²) < 4.78 is 48.6. The van der Waals surface area contributed by atoms with Crippen LogP contribution in [0, 0.1) is 6.92 Å². The molecule has 0 saturated carbocycles. The van der Waals surface area contributed by atoms with Gasteiger partial charge in [0.25, 0.3) is 0 Å². The van der Waals surface area contributed by atoms with Gasteiger partial charge in [0.15, 0.2) is 0 Å². The number of halogens is 3. The molecule has 5 rings (SSSR count). The summed E-state index contributed by atoms with van der Waals surface area (Å²) in [6.07, 6.45) is -5.92. The average molecular weight is 753 g/mol. The standard InChI is InChI=1S/C42H39F3N4O6/c1-28-11-9-10-16-34(28)47-41(53)48-35-22-17-31(23-37(35)54-2)24-38(50)46-33-20-18-32(19-21-33)36(25-39(51)55-40(52)42(43,44)45)49(26-29-12-5-3-6-13-29)27-30-14-7-4-8-15-30/h3-23,36H,24-27H2,1-2H3,(H,46,50)(H2,47,48,53). The van der Waals surface area contributed by atoms with Gasteiger partial charge in [-0.1, -0.05) is 97.1 Å². The minimum Gasteiger partial charge on any atom is -0.495 e. The predicted molar refractivity (Wildman–Crippen MR) is 202 cm³/mol. The molecule has 284 valence electrons. The number of nitrogens with one attached hydrogen (secondary N) is 3. The molecule has 3 N–H and O–H groups in total. The van der Waals surface area contributed by atoms with Gasteiger partial charge in [-0.15, -0.1) is 0 Å². The molecule has 0 aliphatic rings. The van der Waals surface area contributed by atoms with E-state index in [0.717, 1.165) is 16.7 Å². The highest BCUT2D eigenvalue weighted by Crippen LogP contribution is 2.31. The topological polar surface area (TPSA) is 126 Å². The van der Waals surface area contributed by atoms with Crippen LogP contribution in [0.2, 0.25) is 0 Å². The molecule has 10 nitrogen and oxygen atoms in total. The number of esters is 2. The molecule has 0 radical (unpaired) electrons. The molecule has 0 aromatic heterocycles. The number of benzene rings is 5. The van der Waals surface area contributed by atoms with Gasteiger partial charge in [0.1, 0.15) is 5.75 Å². The number of hydrogen-bond donors (Lipinski definition) is 3. The van der Waals surface area contributed by atoms with E-state index in [1.807, 2.05) is 90.7 Å². The molecule has 1 unspecified atom stereocenters. The molecular formula is C42H39F3N4O6. The Kier molecular flexibility index (Phi) is 13.4. The van der Waals surface area contributed by atoms with Crippen molar-refractivity contribution in [2.75, 3.05) is 23.1 Å². The van der Waals surface area contributed by atoms with E-state index in [1.165, 1.54) is 7.11 Å². The number of alkyl halides is 3. The van der Waals surface area contributed by atoms with Crippen molar-refractivity contribution in [2.24, 2.45) is 0 Å². The Morgan fingerprint density at radius 1 is 0.691 bits per heavy atom.